The van der Waals surface area contributed by atoms with Crippen LogP contribution in [0.5, 0.6) is 0 Å². The van der Waals surface area contributed by atoms with Gasteiger partial charge in [-0.3, -0.25) is 9.36 Å². The fourth-order valence-corrected chi connectivity index (χ4v) is 2.71. The van der Waals surface area contributed by atoms with Gasteiger partial charge >= 0.3 is 5.97 Å². The number of carbonyl (C=O) groups is 1. The lowest BCUT2D eigenvalue weighted by Gasteiger charge is -2.08. The summed E-state index contributed by atoms with van der Waals surface area (Å²) in [6.07, 6.45) is 2.84. The molecule has 0 amide bonds. The fraction of sp³-hybridized carbons (Fsp3) is 0.0588. The highest BCUT2D eigenvalue weighted by atomic mass is 16.5. The zero-order valence-corrected chi connectivity index (χ0v) is 13.4. The second-order valence-electron chi connectivity index (χ2n) is 5.34. The van der Waals surface area contributed by atoms with Crippen LogP contribution >= 0.6 is 0 Å². The number of hydrogen-bond acceptors (Lipinski definition) is 7. The van der Waals surface area contributed by atoms with Gasteiger partial charge in [0.25, 0.3) is 5.56 Å². The van der Waals surface area contributed by atoms with E-state index in [1.807, 2.05) is 0 Å². The average Bonchev–Trinajstić information content (AvgIpc) is 3.12. The molecule has 0 unspecified atom stereocenters. The number of nitrogens with zero attached hydrogens (tertiary/aromatic N) is 6. The quantitative estimate of drug-likeness (QED) is 0.499. The van der Waals surface area contributed by atoms with E-state index in [1.54, 1.807) is 30.3 Å². The minimum Gasteiger partial charge on any atom is -0.465 e. The number of nitriles is 1. The van der Waals surface area contributed by atoms with Gasteiger partial charge in [0.1, 0.15) is 17.1 Å². The summed E-state index contributed by atoms with van der Waals surface area (Å²) in [7, 11) is 1.26. The SMILES string of the molecule is COC(=O)c1cnn2c1nnc1c(=O)n(-c3ccccc3C#N)ccc12. The van der Waals surface area contributed by atoms with Crippen LogP contribution in [-0.4, -0.2) is 37.5 Å². The maximum atomic E-state index is 12.9. The lowest BCUT2D eigenvalue weighted by Crippen LogP contribution is -2.21. The molecule has 0 saturated carbocycles. The predicted octanol–water partition coefficient (Wildman–Crippen LogP) is 1.09. The maximum absolute atomic E-state index is 12.9. The number of carbonyl (C=O) groups excluding carboxylic acids is 1. The van der Waals surface area contributed by atoms with Crippen molar-refractivity contribution in [2.75, 3.05) is 7.11 Å². The number of para-hydroxylation sites is 1. The number of pyridine rings is 1. The van der Waals surface area contributed by atoms with Crippen LogP contribution in [0.15, 0.2) is 47.5 Å². The van der Waals surface area contributed by atoms with Crippen molar-refractivity contribution in [3.8, 4) is 11.8 Å². The van der Waals surface area contributed by atoms with E-state index >= 15 is 0 Å². The van der Waals surface area contributed by atoms with Gasteiger partial charge in [-0.2, -0.15) is 10.4 Å². The molecule has 9 nitrogen and oxygen atoms in total. The van der Waals surface area contributed by atoms with E-state index in [-0.39, 0.29) is 16.7 Å². The highest BCUT2D eigenvalue weighted by molar-refractivity contribution is 5.96. The van der Waals surface area contributed by atoms with Crippen LogP contribution in [0.3, 0.4) is 0 Å². The molecular formula is C17H10N6O3. The Bertz CT molecular complexity index is 1280. The molecule has 0 radical (unpaired) electrons. The number of ether oxygens (including phenoxy) is 1. The first-order valence-corrected chi connectivity index (χ1v) is 7.49. The van der Waals surface area contributed by atoms with E-state index in [9.17, 15) is 14.9 Å². The Balaban J connectivity index is 2.01. The molecule has 1 aromatic carbocycles. The van der Waals surface area contributed by atoms with Crippen LogP contribution in [0, 0.1) is 11.3 Å². The van der Waals surface area contributed by atoms with Crippen LogP contribution in [0.4, 0.5) is 0 Å². The van der Waals surface area contributed by atoms with Gasteiger partial charge in [0.05, 0.1) is 24.6 Å². The van der Waals surface area contributed by atoms with E-state index < -0.39 is 11.5 Å². The molecule has 3 heterocycles. The third kappa shape index (κ3) is 2.13. The summed E-state index contributed by atoms with van der Waals surface area (Å²) in [4.78, 5) is 24.6. The Morgan fingerprint density at radius 1 is 1.23 bits per heavy atom. The number of fused-ring (bicyclic) bond motifs is 3. The largest absolute Gasteiger partial charge is 0.465 e. The number of hydrogen-bond donors (Lipinski definition) is 0. The van der Waals surface area contributed by atoms with Gasteiger partial charge < -0.3 is 4.74 Å². The summed E-state index contributed by atoms with van der Waals surface area (Å²) in [6.45, 7) is 0. The van der Waals surface area contributed by atoms with E-state index in [4.69, 9.17) is 0 Å². The molecule has 0 saturated heterocycles. The molecule has 4 rings (SSSR count). The van der Waals surface area contributed by atoms with E-state index in [0.29, 0.717) is 16.8 Å². The van der Waals surface area contributed by atoms with Crippen molar-refractivity contribution < 1.29 is 9.53 Å². The second-order valence-corrected chi connectivity index (χ2v) is 5.34. The number of aromatic nitrogens is 5. The van der Waals surface area contributed by atoms with Crippen molar-refractivity contribution in [2.24, 2.45) is 0 Å². The molecule has 0 N–H and O–H groups in total. The zero-order chi connectivity index (χ0) is 18.3. The molecule has 0 fully saturated rings. The van der Waals surface area contributed by atoms with E-state index in [1.165, 1.54) is 28.6 Å². The van der Waals surface area contributed by atoms with Crippen molar-refractivity contribution in [3.63, 3.8) is 0 Å². The Hall–Kier alpha value is -4.06. The molecule has 26 heavy (non-hydrogen) atoms. The highest BCUT2D eigenvalue weighted by Gasteiger charge is 2.18. The van der Waals surface area contributed by atoms with Gasteiger partial charge in [-0.25, -0.2) is 9.31 Å². The Kier molecular flexibility index (Phi) is 3.44. The number of benzene rings is 1. The van der Waals surface area contributed by atoms with Crippen molar-refractivity contribution >= 4 is 22.6 Å². The molecule has 9 heteroatoms. The predicted molar refractivity (Wildman–Crippen MR) is 89.9 cm³/mol. The smallest absolute Gasteiger partial charge is 0.343 e. The van der Waals surface area contributed by atoms with Crippen molar-refractivity contribution in [1.29, 1.82) is 5.26 Å². The monoisotopic (exact) mass is 346 g/mol. The first kappa shape index (κ1) is 15.5. The molecule has 126 valence electrons. The summed E-state index contributed by atoms with van der Waals surface area (Å²) in [5, 5.41) is 21.3. The van der Waals surface area contributed by atoms with Crippen LogP contribution in [-0.2, 0) is 4.74 Å². The topological polar surface area (TPSA) is 115 Å². The van der Waals surface area contributed by atoms with Gasteiger partial charge in [-0.15, -0.1) is 10.2 Å². The zero-order valence-electron chi connectivity index (χ0n) is 13.4. The molecular weight excluding hydrogens is 336 g/mol. The maximum Gasteiger partial charge on any atom is 0.343 e. The van der Waals surface area contributed by atoms with Gasteiger partial charge in [-0.05, 0) is 18.2 Å². The van der Waals surface area contributed by atoms with Gasteiger partial charge in [0, 0.05) is 6.20 Å². The Morgan fingerprint density at radius 2 is 2.04 bits per heavy atom. The molecule has 0 spiro atoms. The Morgan fingerprint density at radius 3 is 2.81 bits per heavy atom. The van der Waals surface area contributed by atoms with Crippen molar-refractivity contribution in [2.45, 2.75) is 0 Å². The first-order valence-electron chi connectivity index (χ1n) is 7.49. The summed E-state index contributed by atoms with van der Waals surface area (Å²) in [5.41, 5.74) is 1.15. The third-order valence-corrected chi connectivity index (χ3v) is 3.95. The minimum atomic E-state index is -0.593. The third-order valence-electron chi connectivity index (χ3n) is 3.95. The van der Waals surface area contributed by atoms with E-state index in [0.717, 1.165) is 0 Å². The summed E-state index contributed by atoms with van der Waals surface area (Å²) in [6, 6.07) is 10.4. The lowest BCUT2D eigenvalue weighted by atomic mass is 10.2. The second kappa shape index (κ2) is 5.78. The molecule has 0 atom stereocenters. The molecule has 0 bridgehead atoms. The van der Waals surface area contributed by atoms with Gasteiger partial charge in [0.15, 0.2) is 11.2 Å². The van der Waals surface area contributed by atoms with Crippen LogP contribution < -0.4 is 5.56 Å². The lowest BCUT2D eigenvalue weighted by molar-refractivity contribution is 0.0602. The van der Waals surface area contributed by atoms with Crippen LogP contribution in [0.2, 0.25) is 0 Å². The van der Waals surface area contributed by atoms with E-state index in [2.05, 4.69) is 26.1 Å². The molecule has 3 aromatic heterocycles. The summed E-state index contributed by atoms with van der Waals surface area (Å²) >= 11 is 0. The minimum absolute atomic E-state index is 0.0623. The van der Waals surface area contributed by atoms with Crippen LogP contribution in [0.1, 0.15) is 15.9 Å². The van der Waals surface area contributed by atoms with Crippen molar-refractivity contribution in [1.82, 2.24) is 24.4 Å². The molecule has 4 aromatic rings. The fourth-order valence-electron chi connectivity index (χ4n) is 2.71. The highest BCUT2D eigenvalue weighted by Crippen LogP contribution is 2.16. The standard InChI is InChI=1S/C17H10N6O3/c1-26-17(25)11-9-19-23-13-6-7-22(12-5-3-2-4-10(12)8-18)16(24)14(13)20-21-15(11)23/h2-7,9H,1H3. The summed E-state index contributed by atoms with van der Waals surface area (Å²) < 4.78 is 7.37. The number of esters is 1. The molecule has 0 aliphatic carbocycles. The van der Waals surface area contributed by atoms with Gasteiger partial charge in [-0.1, -0.05) is 12.1 Å². The normalized spacial score (nSPS) is 10.8. The number of rotatable bonds is 2. The van der Waals surface area contributed by atoms with Crippen molar-refractivity contribution in [3.05, 3.63) is 64.2 Å². The Labute approximate surface area is 145 Å². The molecule has 0 aliphatic rings. The summed E-state index contributed by atoms with van der Waals surface area (Å²) in [5.74, 6) is -0.593. The average molecular weight is 346 g/mol. The van der Waals surface area contributed by atoms with Crippen LogP contribution in [0.25, 0.3) is 22.4 Å². The molecule has 0 aliphatic heterocycles. The number of methoxy groups -OCH3 is 1. The first-order chi connectivity index (χ1) is 12.7. The van der Waals surface area contributed by atoms with Gasteiger partial charge in [0.2, 0.25) is 0 Å².